The van der Waals surface area contributed by atoms with Crippen LogP contribution in [-0.2, 0) is 13.1 Å². The largest absolute Gasteiger partial charge is 0.378 e. The number of rotatable bonds is 4. The van der Waals surface area contributed by atoms with Crippen molar-refractivity contribution >= 4 is 16.6 Å². The third kappa shape index (κ3) is 2.94. The van der Waals surface area contributed by atoms with Crippen LogP contribution in [0.1, 0.15) is 12.6 Å². The Morgan fingerprint density at radius 3 is 2.81 bits per heavy atom. The Hall–Kier alpha value is -2.62. The zero-order valence-corrected chi connectivity index (χ0v) is 11.9. The van der Waals surface area contributed by atoms with Crippen molar-refractivity contribution in [3.8, 4) is 0 Å². The van der Waals surface area contributed by atoms with Gasteiger partial charge in [-0.25, -0.2) is 0 Å². The summed E-state index contributed by atoms with van der Waals surface area (Å²) < 4.78 is 1.68. The molecule has 1 aromatic carbocycles. The third-order valence-electron chi connectivity index (χ3n) is 3.45. The molecule has 0 atom stereocenters. The Kier molecular flexibility index (Phi) is 3.69. The van der Waals surface area contributed by atoms with E-state index in [0.717, 1.165) is 22.3 Å². The van der Waals surface area contributed by atoms with Crippen LogP contribution in [0.4, 0.5) is 5.69 Å². The maximum Gasteiger partial charge on any atom is 0.250 e. The van der Waals surface area contributed by atoms with Gasteiger partial charge in [-0.05, 0) is 25.1 Å². The smallest absolute Gasteiger partial charge is 0.250 e. The van der Waals surface area contributed by atoms with E-state index in [1.165, 1.54) is 0 Å². The number of nitrogens with zero attached hydrogens (tertiary/aromatic N) is 2. The molecule has 2 heterocycles. The molecule has 0 saturated carbocycles. The molecule has 0 aliphatic heterocycles. The lowest BCUT2D eigenvalue weighted by atomic mass is 10.2. The summed E-state index contributed by atoms with van der Waals surface area (Å²) in [6.45, 7) is 3.26. The number of benzene rings is 1. The number of pyridine rings is 2. The van der Waals surface area contributed by atoms with Gasteiger partial charge in [-0.15, -0.1) is 0 Å². The van der Waals surface area contributed by atoms with E-state index < -0.39 is 0 Å². The maximum absolute atomic E-state index is 11.5. The quantitative estimate of drug-likeness (QED) is 0.798. The van der Waals surface area contributed by atoms with Crippen LogP contribution in [0, 0.1) is 0 Å². The molecule has 3 rings (SSSR count). The number of hydrogen-bond donors (Lipinski definition) is 1. The molecule has 1 N–H and O–H groups in total. The first kappa shape index (κ1) is 13.4. The molecule has 0 saturated heterocycles. The van der Waals surface area contributed by atoms with Crippen LogP contribution in [0.2, 0.25) is 0 Å². The number of aromatic nitrogens is 2. The summed E-state index contributed by atoms with van der Waals surface area (Å²) in [6.07, 6.45) is 1.84. The van der Waals surface area contributed by atoms with Crippen molar-refractivity contribution in [2.45, 2.75) is 20.0 Å². The lowest BCUT2D eigenvalue weighted by Gasteiger charge is -2.09. The van der Waals surface area contributed by atoms with Gasteiger partial charge in [0.2, 0.25) is 0 Å². The number of aryl methyl sites for hydroxylation is 1. The topological polar surface area (TPSA) is 46.9 Å². The molecule has 4 nitrogen and oxygen atoms in total. The number of hydrogen-bond acceptors (Lipinski definition) is 3. The highest BCUT2D eigenvalue weighted by Crippen LogP contribution is 2.13. The fourth-order valence-electron chi connectivity index (χ4n) is 2.28. The van der Waals surface area contributed by atoms with Gasteiger partial charge in [0, 0.05) is 24.2 Å². The van der Waals surface area contributed by atoms with E-state index in [2.05, 4.69) is 22.4 Å². The summed E-state index contributed by atoms with van der Waals surface area (Å²) in [5, 5.41) is 4.44. The maximum atomic E-state index is 11.5. The molecule has 3 aromatic rings. The van der Waals surface area contributed by atoms with Crippen LogP contribution in [0.3, 0.4) is 0 Å². The van der Waals surface area contributed by atoms with Crippen LogP contribution >= 0.6 is 0 Å². The predicted octanol–water partition coefficient (Wildman–Crippen LogP) is 3.03. The average Bonchev–Trinajstić information content (AvgIpc) is 2.54. The van der Waals surface area contributed by atoms with E-state index in [1.807, 2.05) is 37.4 Å². The van der Waals surface area contributed by atoms with Crippen LogP contribution in [0.5, 0.6) is 0 Å². The fraction of sp³-hybridized carbons (Fsp3) is 0.176. The highest BCUT2D eigenvalue weighted by molar-refractivity contribution is 5.78. The van der Waals surface area contributed by atoms with Gasteiger partial charge in [-0.2, -0.15) is 0 Å². The molecule has 0 aliphatic rings. The summed E-state index contributed by atoms with van der Waals surface area (Å²) in [5.74, 6) is 0. The van der Waals surface area contributed by atoms with E-state index in [-0.39, 0.29) is 5.56 Å². The van der Waals surface area contributed by atoms with Crippen molar-refractivity contribution < 1.29 is 0 Å². The molecule has 0 radical (unpaired) electrons. The average molecular weight is 279 g/mol. The zero-order valence-electron chi connectivity index (χ0n) is 11.9. The van der Waals surface area contributed by atoms with Gasteiger partial charge >= 0.3 is 0 Å². The SMILES string of the molecule is CCn1cc(NCc2ccc3ccccc3n2)ccc1=O. The Morgan fingerprint density at radius 1 is 1.10 bits per heavy atom. The summed E-state index contributed by atoms with van der Waals surface area (Å²) in [5.41, 5.74) is 2.91. The van der Waals surface area contributed by atoms with Crippen LogP contribution < -0.4 is 10.9 Å². The van der Waals surface area contributed by atoms with Gasteiger partial charge in [-0.1, -0.05) is 24.3 Å². The van der Waals surface area contributed by atoms with Crippen molar-refractivity contribution in [2.75, 3.05) is 5.32 Å². The molecule has 2 aromatic heterocycles. The molecule has 0 unspecified atom stereocenters. The van der Waals surface area contributed by atoms with E-state index in [9.17, 15) is 4.79 Å². The molecule has 0 aliphatic carbocycles. The lowest BCUT2D eigenvalue weighted by molar-refractivity contribution is 0.727. The fourth-order valence-corrected chi connectivity index (χ4v) is 2.28. The van der Waals surface area contributed by atoms with Gasteiger partial charge in [-0.3, -0.25) is 9.78 Å². The van der Waals surface area contributed by atoms with Gasteiger partial charge in [0.1, 0.15) is 0 Å². The van der Waals surface area contributed by atoms with Crippen LogP contribution in [0.15, 0.2) is 59.5 Å². The Labute approximate surface area is 123 Å². The highest BCUT2D eigenvalue weighted by Gasteiger charge is 2.00. The highest BCUT2D eigenvalue weighted by atomic mass is 16.1. The molecule has 0 spiro atoms. The van der Waals surface area contributed by atoms with Crippen LogP contribution in [0.25, 0.3) is 10.9 Å². The Morgan fingerprint density at radius 2 is 1.95 bits per heavy atom. The summed E-state index contributed by atoms with van der Waals surface area (Å²) in [4.78, 5) is 16.2. The van der Waals surface area contributed by atoms with Crippen molar-refractivity contribution in [1.29, 1.82) is 0 Å². The standard InChI is InChI=1S/C17H17N3O/c1-2-20-12-15(9-10-17(20)21)18-11-14-8-7-13-5-3-4-6-16(13)19-14/h3-10,12,18H,2,11H2,1H3. The number of fused-ring (bicyclic) bond motifs is 1. The molecule has 0 fully saturated rings. The summed E-state index contributed by atoms with van der Waals surface area (Å²) in [6, 6.07) is 15.5. The Balaban J connectivity index is 1.78. The second-order valence-corrected chi connectivity index (χ2v) is 4.89. The van der Waals surface area contributed by atoms with Gasteiger partial charge < -0.3 is 9.88 Å². The van der Waals surface area contributed by atoms with Crippen molar-refractivity contribution in [2.24, 2.45) is 0 Å². The van der Waals surface area contributed by atoms with Gasteiger partial charge in [0.25, 0.3) is 5.56 Å². The predicted molar refractivity (Wildman–Crippen MR) is 85.4 cm³/mol. The first-order valence-electron chi connectivity index (χ1n) is 7.05. The van der Waals surface area contributed by atoms with Crippen molar-refractivity contribution in [1.82, 2.24) is 9.55 Å². The van der Waals surface area contributed by atoms with E-state index in [1.54, 1.807) is 16.7 Å². The first-order chi connectivity index (χ1) is 10.3. The summed E-state index contributed by atoms with van der Waals surface area (Å²) >= 11 is 0. The minimum absolute atomic E-state index is 0.0203. The molecule has 106 valence electrons. The van der Waals surface area contributed by atoms with E-state index in [0.29, 0.717) is 13.1 Å². The summed E-state index contributed by atoms with van der Waals surface area (Å²) in [7, 11) is 0. The van der Waals surface area contributed by atoms with E-state index in [4.69, 9.17) is 0 Å². The number of nitrogens with one attached hydrogen (secondary N) is 1. The monoisotopic (exact) mass is 279 g/mol. The van der Waals surface area contributed by atoms with E-state index >= 15 is 0 Å². The van der Waals surface area contributed by atoms with Gasteiger partial charge in [0.05, 0.1) is 23.4 Å². The Bertz CT molecular complexity index is 823. The van der Waals surface area contributed by atoms with Crippen molar-refractivity contribution in [3.63, 3.8) is 0 Å². The normalized spacial score (nSPS) is 10.7. The molecular formula is C17H17N3O. The minimum Gasteiger partial charge on any atom is -0.378 e. The second-order valence-electron chi connectivity index (χ2n) is 4.89. The molecular weight excluding hydrogens is 262 g/mol. The van der Waals surface area contributed by atoms with Crippen molar-refractivity contribution in [3.05, 3.63) is 70.8 Å². The van der Waals surface area contributed by atoms with Gasteiger partial charge in [0.15, 0.2) is 0 Å². The molecule has 21 heavy (non-hydrogen) atoms. The zero-order chi connectivity index (χ0) is 14.7. The number of para-hydroxylation sites is 1. The molecule has 4 heteroatoms. The first-order valence-corrected chi connectivity index (χ1v) is 7.05. The number of anilines is 1. The molecule has 0 bridgehead atoms. The third-order valence-corrected chi connectivity index (χ3v) is 3.45. The second kappa shape index (κ2) is 5.79. The lowest BCUT2D eigenvalue weighted by Crippen LogP contribution is -2.17. The minimum atomic E-state index is 0.0203. The van der Waals surface area contributed by atoms with Crippen LogP contribution in [-0.4, -0.2) is 9.55 Å². The molecule has 0 amide bonds.